The highest BCUT2D eigenvalue weighted by Gasteiger charge is 2.41. The lowest BCUT2D eigenvalue weighted by atomic mass is 9.89. The molecular formula is C20H21NO5. The van der Waals surface area contributed by atoms with E-state index in [1.807, 2.05) is 30.3 Å². The SMILES string of the molecule is COc1cccc(C(=O)N2CC(C(=O)O)C(c3ccccc3)C2)c1OC. The predicted molar refractivity (Wildman–Crippen MR) is 95.8 cm³/mol. The number of para-hydroxylation sites is 1. The van der Waals surface area contributed by atoms with Crippen molar-refractivity contribution in [3.8, 4) is 11.5 Å². The van der Waals surface area contributed by atoms with E-state index in [9.17, 15) is 14.7 Å². The molecule has 0 bridgehead atoms. The first-order chi connectivity index (χ1) is 12.6. The molecule has 2 atom stereocenters. The summed E-state index contributed by atoms with van der Waals surface area (Å²) >= 11 is 0. The molecule has 0 aromatic heterocycles. The highest BCUT2D eigenvalue weighted by molar-refractivity contribution is 5.98. The maximum Gasteiger partial charge on any atom is 0.308 e. The van der Waals surface area contributed by atoms with Crippen LogP contribution in [0, 0.1) is 5.92 Å². The number of hydrogen-bond acceptors (Lipinski definition) is 4. The molecule has 1 aliphatic heterocycles. The summed E-state index contributed by atoms with van der Waals surface area (Å²) in [5.74, 6) is -1.22. The lowest BCUT2D eigenvalue weighted by molar-refractivity contribution is -0.141. The monoisotopic (exact) mass is 355 g/mol. The van der Waals surface area contributed by atoms with Gasteiger partial charge in [-0.25, -0.2) is 0 Å². The molecule has 1 heterocycles. The molecule has 2 aromatic carbocycles. The lowest BCUT2D eigenvalue weighted by Crippen LogP contribution is -2.30. The number of amides is 1. The van der Waals surface area contributed by atoms with Crippen LogP contribution in [0.4, 0.5) is 0 Å². The smallest absolute Gasteiger partial charge is 0.308 e. The number of nitrogens with zero attached hydrogens (tertiary/aromatic N) is 1. The number of hydrogen-bond donors (Lipinski definition) is 1. The van der Waals surface area contributed by atoms with E-state index in [2.05, 4.69) is 0 Å². The summed E-state index contributed by atoms with van der Waals surface area (Å²) < 4.78 is 10.6. The summed E-state index contributed by atoms with van der Waals surface area (Å²) in [5, 5.41) is 9.62. The number of likely N-dealkylation sites (tertiary alicyclic amines) is 1. The molecule has 2 unspecified atom stereocenters. The summed E-state index contributed by atoms with van der Waals surface area (Å²) in [4.78, 5) is 26.3. The number of ether oxygens (including phenoxy) is 2. The van der Waals surface area contributed by atoms with E-state index in [1.165, 1.54) is 14.2 Å². The summed E-state index contributed by atoms with van der Waals surface area (Å²) in [6, 6.07) is 14.5. The minimum Gasteiger partial charge on any atom is -0.493 e. The molecule has 1 aliphatic rings. The van der Waals surface area contributed by atoms with Crippen LogP contribution in [0.3, 0.4) is 0 Å². The van der Waals surface area contributed by atoms with E-state index < -0.39 is 11.9 Å². The maximum absolute atomic E-state index is 13.0. The van der Waals surface area contributed by atoms with E-state index in [4.69, 9.17) is 9.47 Å². The normalized spacial score (nSPS) is 19.2. The number of carboxylic acids is 1. The quantitative estimate of drug-likeness (QED) is 0.892. The van der Waals surface area contributed by atoms with Crippen molar-refractivity contribution in [2.75, 3.05) is 27.3 Å². The molecule has 1 amide bonds. The zero-order valence-corrected chi connectivity index (χ0v) is 14.7. The Morgan fingerprint density at radius 1 is 1.00 bits per heavy atom. The molecule has 3 rings (SSSR count). The molecule has 6 heteroatoms. The summed E-state index contributed by atoms with van der Waals surface area (Å²) in [6.07, 6.45) is 0. The van der Waals surface area contributed by atoms with Crippen molar-refractivity contribution in [2.45, 2.75) is 5.92 Å². The topological polar surface area (TPSA) is 76.1 Å². The molecule has 0 spiro atoms. The van der Waals surface area contributed by atoms with Crippen LogP contribution in [0.2, 0.25) is 0 Å². The predicted octanol–water partition coefficient (Wildman–Crippen LogP) is 2.64. The van der Waals surface area contributed by atoms with Crippen molar-refractivity contribution in [3.63, 3.8) is 0 Å². The number of benzene rings is 2. The molecule has 0 saturated carbocycles. The molecule has 26 heavy (non-hydrogen) atoms. The molecule has 1 fully saturated rings. The highest BCUT2D eigenvalue weighted by Crippen LogP contribution is 2.36. The van der Waals surface area contributed by atoms with E-state index in [1.54, 1.807) is 23.1 Å². The van der Waals surface area contributed by atoms with Crippen LogP contribution in [0.15, 0.2) is 48.5 Å². The first kappa shape index (κ1) is 17.8. The number of aliphatic carboxylic acids is 1. The van der Waals surface area contributed by atoms with Gasteiger partial charge in [0.1, 0.15) is 0 Å². The van der Waals surface area contributed by atoms with E-state index in [0.717, 1.165) is 5.56 Å². The third-order valence-corrected chi connectivity index (χ3v) is 4.79. The standard InChI is InChI=1S/C20H21NO5/c1-25-17-10-6-9-14(18(17)26-2)19(22)21-11-15(16(12-21)20(23)24)13-7-4-3-5-8-13/h3-10,15-16H,11-12H2,1-2H3,(H,23,24). The molecule has 0 aliphatic carbocycles. The summed E-state index contributed by atoms with van der Waals surface area (Å²) in [5.41, 5.74) is 1.29. The van der Waals surface area contributed by atoms with Gasteiger partial charge in [-0.1, -0.05) is 36.4 Å². The van der Waals surface area contributed by atoms with Gasteiger partial charge in [0.2, 0.25) is 0 Å². The van der Waals surface area contributed by atoms with E-state index >= 15 is 0 Å². The number of methoxy groups -OCH3 is 2. The van der Waals surface area contributed by atoms with Gasteiger partial charge in [-0.3, -0.25) is 9.59 Å². The van der Waals surface area contributed by atoms with Crippen LogP contribution in [0.25, 0.3) is 0 Å². The molecule has 136 valence electrons. The van der Waals surface area contributed by atoms with Crippen LogP contribution in [-0.2, 0) is 4.79 Å². The Balaban J connectivity index is 1.91. The third-order valence-electron chi connectivity index (χ3n) is 4.79. The fraction of sp³-hybridized carbons (Fsp3) is 0.300. The zero-order chi connectivity index (χ0) is 18.7. The average molecular weight is 355 g/mol. The average Bonchev–Trinajstić information content (AvgIpc) is 3.13. The number of carboxylic acid groups (broad SMARTS) is 1. The van der Waals surface area contributed by atoms with Gasteiger partial charge >= 0.3 is 5.97 Å². The Hall–Kier alpha value is -3.02. The second kappa shape index (κ2) is 7.47. The molecule has 6 nitrogen and oxygen atoms in total. The second-order valence-electron chi connectivity index (χ2n) is 6.21. The zero-order valence-electron chi connectivity index (χ0n) is 14.7. The molecule has 1 saturated heterocycles. The van der Waals surface area contributed by atoms with Gasteiger partial charge in [0, 0.05) is 19.0 Å². The van der Waals surface area contributed by atoms with Crippen LogP contribution in [0.1, 0.15) is 21.8 Å². The lowest BCUT2D eigenvalue weighted by Gasteiger charge is -2.19. The van der Waals surface area contributed by atoms with Gasteiger partial charge in [-0.05, 0) is 17.7 Å². The minimum absolute atomic E-state index is 0.161. The molecule has 2 aromatic rings. The fourth-order valence-corrected chi connectivity index (χ4v) is 3.48. The van der Waals surface area contributed by atoms with Crippen molar-refractivity contribution < 1.29 is 24.2 Å². The number of carbonyl (C=O) groups excluding carboxylic acids is 1. The minimum atomic E-state index is -0.897. The Kier molecular flexibility index (Phi) is 5.11. The van der Waals surface area contributed by atoms with Crippen LogP contribution >= 0.6 is 0 Å². The number of carbonyl (C=O) groups is 2. The Bertz CT molecular complexity index is 805. The summed E-state index contributed by atoms with van der Waals surface area (Å²) in [7, 11) is 2.99. The van der Waals surface area contributed by atoms with Crippen LogP contribution < -0.4 is 9.47 Å². The van der Waals surface area contributed by atoms with Crippen molar-refractivity contribution in [2.24, 2.45) is 5.92 Å². The van der Waals surface area contributed by atoms with Crippen molar-refractivity contribution in [1.82, 2.24) is 4.90 Å². The summed E-state index contributed by atoms with van der Waals surface area (Å²) in [6.45, 7) is 0.508. The fourth-order valence-electron chi connectivity index (χ4n) is 3.48. The molecule has 1 N–H and O–H groups in total. The van der Waals surface area contributed by atoms with Gasteiger partial charge in [-0.2, -0.15) is 0 Å². The van der Waals surface area contributed by atoms with Gasteiger partial charge < -0.3 is 19.5 Å². The van der Waals surface area contributed by atoms with Crippen LogP contribution in [0.5, 0.6) is 11.5 Å². The van der Waals surface area contributed by atoms with Gasteiger partial charge in [0.05, 0.1) is 25.7 Å². The van der Waals surface area contributed by atoms with Gasteiger partial charge in [0.15, 0.2) is 11.5 Å². The Labute approximate surface area is 152 Å². The maximum atomic E-state index is 13.0. The van der Waals surface area contributed by atoms with Crippen molar-refractivity contribution >= 4 is 11.9 Å². The molecular weight excluding hydrogens is 334 g/mol. The van der Waals surface area contributed by atoms with E-state index in [-0.39, 0.29) is 18.4 Å². The van der Waals surface area contributed by atoms with Gasteiger partial charge in [-0.15, -0.1) is 0 Å². The first-order valence-electron chi connectivity index (χ1n) is 8.34. The largest absolute Gasteiger partial charge is 0.493 e. The van der Waals surface area contributed by atoms with Crippen molar-refractivity contribution in [1.29, 1.82) is 0 Å². The highest BCUT2D eigenvalue weighted by atomic mass is 16.5. The van der Waals surface area contributed by atoms with Gasteiger partial charge in [0.25, 0.3) is 5.91 Å². The third kappa shape index (κ3) is 3.22. The Morgan fingerprint density at radius 3 is 2.35 bits per heavy atom. The van der Waals surface area contributed by atoms with Crippen molar-refractivity contribution in [3.05, 3.63) is 59.7 Å². The number of rotatable bonds is 5. The van der Waals surface area contributed by atoms with Crippen LogP contribution in [-0.4, -0.2) is 49.2 Å². The first-order valence-corrected chi connectivity index (χ1v) is 8.34. The van der Waals surface area contributed by atoms with E-state index in [0.29, 0.717) is 23.6 Å². The second-order valence-corrected chi connectivity index (χ2v) is 6.21. The molecule has 0 radical (unpaired) electrons. The Morgan fingerprint density at radius 2 is 1.73 bits per heavy atom.